The Hall–Kier alpha value is -0.860. The lowest BCUT2D eigenvalue weighted by molar-refractivity contribution is 0.00531. The molecule has 30 heavy (non-hydrogen) atoms. The second-order valence-electron chi connectivity index (χ2n) is 9.18. The summed E-state index contributed by atoms with van der Waals surface area (Å²) >= 11 is 0. The van der Waals surface area contributed by atoms with Crippen molar-refractivity contribution >= 4 is 29.9 Å². The number of benzene rings is 1. The van der Waals surface area contributed by atoms with Gasteiger partial charge >= 0.3 is 0 Å². The van der Waals surface area contributed by atoms with Crippen LogP contribution in [0, 0.1) is 5.41 Å². The molecule has 0 bridgehead atoms. The standard InChI is InChI=1S/C24H38N4O.HI/c1-25-23(28-17-13-24(20-28)11-5-12-24)26-14-6-18-29-22-9-15-27(16-10-22)19-21-7-3-2-4-8-21;/h2-4,7-8,22H,5-6,9-20H2,1H3,(H,25,26);1H. The first-order valence-electron chi connectivity index (χ1n) is 11.6. The monoisotopic (exact) mass is 526 g/mol. The number of hydrogen-bond donors (Lipinski definition) is 1. The third-order valence-corrected chi connectivity index (χ3v) is 7.11. The highest BCUT2D eigenvalue weighted by atomic mass is 127. The molecule has 1 spiro atoms. The summed E-state index contributed by atoms with van der Waals surface area (Å²) < 4.78 is 6.16. The van der Waals surface area contributed by atoms with Crippen molar-refractivity contribution in [1.29, 1.82) is 0 Å². The van der Waals surface area contributed by atoms with Crippen LogP contribution in [0.1, 0.15) is 50.5 Å². The molecule has 0 unspecified atom stereocenters. The molecule has 2 aliphatic heterocycles. The van der Waals surface area contributed by atoms with Crippen molar-refractivity contribution < 1.29 is 4.74 Å². The van der Waals surface area contributed by atoms with Crippen molar-refractivity contribution in [1.82, 2.24) is 15.1 Å². The minimum atomic E-state index is 0. The van der Waals surface area contributed by atoms with Crippen molar-refractivity contribution in [2.75, 3.05) is 46.4 Å². The summed E-state index contributed by atoms with van der Waals surface area (Å²) in [7, 11) is 1.91. The van der Waals surface area contributed by atoms with Crippen LogP contribution in [0.25, 0.3) is 0 Å². The number of aliphatic imine (C=N–C) groups is 1. The van der Waals surface area contributed by atoms with E-state index in [-0.39, 0.29) is 24.0 Å². The Bertz CT molecular complexity index is 656. The largest absolute Gasteiger partial charge is 0.378 e. The van der Waals surface area contributed by atoms with Crippen LogP contribution in [-0.4, -0.2) is 68.2 Å². The van der Waals surface area contributed by atoms with E-state index in [2.05, 4.69) is 50.4 Å². The summed E-state index contributed by atoms with van der Waals surface area (Å²) in [6.07, 6.45) is 9.37. The predicted molar refractivity (Wildman–Crippen MR) is 135 cm³/mol. The Labute approximate surface area is 199 Å². The maximum absolute atomic E-state index is 6.16. The summed E-state index contributed by atoms with van der Waals surface area (Å²) in [5.41, 5.74) is 2.03. The first kappa shape index (κ1) is 23.8. The smallest absolute Gasteiger partial charge is 0.193 e. The van der Waals surface area contributed by atoms with E-state index < -0.39 is 0 Å². The number of hydrogen-bond acceptors (Lipinski definition) is 3. The van der Waals surface area contributed by atoms with E-state index >= 15 is 0 Å². The molecule has 0 radical (unpaired) electrons. The highest BCUT2D eigenvalue weighted by Crippen LogP contribution is 2.47. The van der Waals surface area contributed by atoms with E-state index in [0.29, 0.717) is 11.5 Å². The summed E-state index contributed by atoms with van der Waals surface area (Å²) in [5.74, 6) is 1.09. The van der Waals surface area contributed by atoms with Crippen LogP contribution >= 0.6 is 24.0 Å². The fourth-order valence-electron chi connectivity index (χ4n) is 5.13. The van der Waals surface area contributed by atoms with Gasteiger partial charge in [-0.3, -0.25) is 9.89 Å². The topological polar surface area (TPSA) is 40.1 Å². The normalized spacial score (nSPS) is 22.0. The van der Waals surface area contributed by atoms with Crippen LogP contribution < -0.4 is 5.32 Å². The molecule has 4 rings (SSSR count). The Morgan fingerprint density at radius 2 is 1.90 bits per heavy atom. The van der Waals surface area contributed by atoms with Gasteiger partial charge in [0.25, 0.3) is 0 Å². The average Bonchev–Trinajstić information content (AvgIpc) is 3.19. The molecule has 168 valence electrons. The van der Waals surface area contributed by atoms with Gasteiger partial charge in [0.05, 0.1) is 6.10 Å². The molecule has 1 saturated carbocycles. The van der Waals surface area contributed by atoms with E-state index in [0.717, 1.165) is 64.6 Å². The number of halogens is 1. The summed E-state index contributed by atoms with van der Waals surface area (Å²) in [6, 6.07) is 10.8. The van der Waals surface area contributed by atoms with Gasteiger partial charge in [-0.05, 0) is 49.5 Å². The third-order valence-electron chi connectivity index (χ3n) is 7.11. The summed E-state index contributed by atoms with van der Waals surface area (Å²) in [6.45, 7) is 7.50. The van der Waals surface area contributed by atoms with E-state index in [1.165, 1.54) is 37.8 Å². The van der Waals surface area contributed by atoms with Gasteiger partial charge in [0.2, 0.25) is 0 Å². The minimum Gasteiger partial charge on any atom is -0.378 e. The zero-order valence-electron chi connectivity index (χ0n) is 18.5. The van der Waals surface area contributed by atoms with Crippen LogP contribution in [0.4, 0.5) is 0 Å². The maximum atomic E-state index is 6.16. The van der Waals surface area contributed by atoms with E-state index in [1.54, 1.807) is 0 Å². The number of rotatable bonds is 7. The number of guanidine groups is 1. The second kappa shape index (κ2) is 11.7. The van der Waals surface area contributed by atoms with Crippen LogP contribution in [0.2, 0.25) is 0 Å². The number of piperidine rings is 1. The molecule has 1 aromatic carbocycles. The molecular formula is C24H39IN4O. The molecule has 0 atom stereocenters. The van der Waals surface area contributed by atoms with Gasteiger partial charge in [-0.15, -0.1) is 24.0 Å². The molecule has 0 aromatic heterocycles. The number of nitrogens with zero attached hydrogens (tertiary/aromatic N) is 3. The zero-order chi connectivity index (χ0) is 19.9. The molecule has 6 heteroatoms. The molecule has 1 N–H and O–H groups in total. The molecule has 2 heterocycles. The maximum Gasteiger partial charge on any atom is 0.193 e. The van der Waals surface area contributed by atoms with Crippen molar-refractivity contribution in [3.05, 3.63) is 35.9 Å². The summed E-state index contributed by atoms with van der Waals surface area (Å²) in [4.78, 5) is 9.52. The van der Waals surface area contributed by atoms with Crippen molar-refractivity contribution in [3.63, 3.8) is 0 Å². The van der Waals surface area contributed by atoms with Gasteiger partial charge in [-0.25, -0.2) is 0 Å². The van der Waals surface area contributed by atoms with Crippen LogP contribution in [0.3, 0.4) is 0 Å². The van der Waals surface area contributed by atoms with Crippen molar-refractivity contribution in [2.24, 2.45) is 10.4 Å². The lowest BCUT2D eigenvalue weighted by atomic mass is 9.68. The highest BCUT2D eigenvalue weighted by molar-refractivity contribution is 14.0. The molecule has 1 aromatic rings. The molecule has 2 saturated heterocycles. The Morgan fingerprint density at radius 3 is 2.53 bits per heavy atom. The van der Waals surface area contributed by atoms with Gasteiger partial charge in [-0.1, -0.05) is 36.8 Å². The first-order valence-corrected chi connectivity index (χ1v) is 11.6. The lowest BCUT2D eigenvalue weighted by Crippen LogP contribution is -2.43. The fourth-order valence-corrected chi connectivity index (χ4v) is 5.13. The second-order valence-corrected chi connectivity index (χ2v) is 9.18. The van der Waals surface area contributed by atoms with Crippen molar-refractivity contribution in [2.45, 2.75) is 57.6 Å². The lowest BCUT2D eigenvalue weighted by Gasteiger charge is -2.38. The van der Waals surface area contributed by atoms with Gasteiger partial charge in [-0.2, -0.15) is 0 Å². The SMILES string of the molecule is CN=C(NCCCOC1CCN(Cc2ccccc2)CC1)N1CCC2(CCC2)C1.I. The highest BCUT2D eigenvalue weighted by Gasteiger charge is 2.43. The van der Waals surface area contributed by atoms with Gasteiger partial charge in [0.1, 0.15) is 0 Å². The fraction of sp³-hybridized carbons (Fsp3) is 0.708. The van der Waals surface area contributed by atoms with Crippen LogP contribution in [0.15, 0.2) is 35.3 Å². The van der Waals surface area contributed by atoms with E-state index in [4.69, 9.17) is 4.74 Å². The minimum absolute atomic E-state index is 0. The average molecular weight is 527 g/mol. The van der Waals surface area contributed by atoms with Gasteiger partial charge in [0.15, 0.2) is 5.96 Å². The molecule has 3 aliphatic rings. The van der Waals surface area contributed by atoms with Crippen LogP contribution in [0.5, 0.6) is 0 Å². The van der Waals surface area contributed by atoms with Gasteiger partial charge < -0.3 is 15.0 Å². The molecule has 5 nitrogen and oxygen atoms in total. The van der Waals surface area contributed by atoms with E-state index in [9.17, 15) is 0 Å². The third kappa shape index (κ3) is 6.33. The Morgan fingerprint density at radius 1 is 1.13 bits per heavy atom. The number of nitrogens with one attached hydrogen (secondary N) is 1. The summed E-state index contributed by atoms with van der Waals surface area (Å²) in [5, 5.41) is 3.56. The first-order chi connectivity index (χ1) is 14.3. The predicted octanol–water partition coefficient (Wildman–Crippen LogP) is 4.13. The zero-order valence-corrected chi connectivity index (χ0v) is 20.9. The number of ether oxygens (including phenoxy) is 1. The van der Waals surface area contributed by atoms with Crippen LogP contribution in [-0.2, 0) is 11.3 Å². The van der Waals surface area contributed by atoms with Gasteiger partial charge in [0, 0.05) is 52.9 Å². The molecule has 1 aliphatic carbocycles. The Balaban J connectivity index is 0.00000256. The molecule has 0 amide bonds. The van der Waals surface area contributed by atoms with Crippen molar-refractivity contribution in [3.8, 4) is 0 Å². The molecule has 3 fully saturated rings. The Kier molecular flexibility index (Phi) is 9.26. The number of likely N-dealkylation sites (tertiary alicyclic amines) is 2. The molecular weight excluding hydrogens is 487 g/mol. The quantitative estimate of drug-likeness (QED) is 0.251. The van der Waals surface area contributed by atoms with E-state index in [1.807, 2.05) is 7.05 Å².